The summed E-state index contributed by atoms with van der Waals surface area (Å²) < 4.78 is 6.18. The number of methoxy groups -OCH3 is 1. The average Bonchev–Trinajstić information content (AvgIpc) is 2.33. The molecule has 3 heteroatoms. The molecule has 1 N–H and O–H groups in total. The molecule has 0 unspecified atom stereocenters. The van der Waals surface area contributed by atoms with Crippen LogP contribution in [0.3, 0.4) is 0 Å². The van der Waals surface area contributed by atoms with E-state index in [4.69, 9.17) is 4.74 Å². The first-order chi connectivity index (χ1) is 7.78. The Bertz CT molecular complexity index is 450. The second-order valence-corrected chi connectivity index (χ2v) is 4.28. The van der Waals surface area contributed by atoms with Gasteiger partial charge in [-0.15, -0.1) is 0 Å². The maximum Gasteiger partial charge on any atom is 0.119 e. The van der Waals surface area contributed by atoms with Gasteiger partial charge in [0.2, 0.25) is 0 Å². The molecule has 2 nitrogen and oxygen atoms in total. The number of ether oxygens (including phenoxy) is 1. The number of hydrogen-bond donors (Lipinski definition) is 1. The molecule has 0 aromatic heterocycles. The molecule has 0 bridgehead atoms. The van der Waals surface area contributed by atoms with Crippen molar-refractivity contribution in [1.29, 1.82) is 0 Å². The third kappa shape index (κ3) is 2.76. The van der Waals surface area contributed by atoms with E-state index in [1.807, 2.05) is 48.5 Å². The molecule has 0 fully saturated rings. The first kappa shape index (κ1) is 11.0. The van der Waals surface area contributed by atoms with Gasteiger partial charge >= 0.3 is 0 Å². The average molecular weight is 278 g/mol. The van der Waals surface area contributed by atoms with E-state index >= 15 is 0 Å². The van der Waals surface area contributed by atoms with Gasteiger partial charge in [-0.3, -0.25) is 0 Å². The predicted octanol–water partition coefficient (Wildman–Crippen LogP) is 4.20. The fourth-order valence-electron chi connectivity index (χ4n) is 1.37. The Morgan fingerprint density at radius 2 is 1.38 bits per heavy atom. The van der Waals surface area contributed by atoms with Gasteiger partial charge in [0.25, 0.3) is 0 Å². The first-order valence-corrected chi connectivity index (χ1v) is 5.74. The van der Waals surface area contributed by atoms with Gasteiger partial charge in [-0.1, -0.05) is 15.9 Å². The van der Waals surface area contributed by atoms with E-state index in [1.54, 1.807) is 7.11 Å². The number of rotatable bonds is 3. The van der Waals surface area contributed by atoms with Crippen molar-refractivity contribution in [3.8, 4) is 5.75 Å². The van der Waals surface area contributed by atoms with Gasteiger partial charge in [-0.25, -0.2) is 0 Å². The summed E-state index contributed by atoms with van der Waals surface area (Å²) in [5.41, 5.74) is 2.11. The van der Waals surface area contributed by atoms with Crippen LogP contribution in [-0.2, 0) is 0 Å². The topological polar surface area (TPSA) is 21.3 Å². The molecule has 2 aromatic rings. The Hall–Kier alpha value is -1.48. The second kappa shape index (κ2) is 5.03. The highest BCUT2D eigenvalue weighted by molar-refractivity contribution is 9.10. The van der Waals surface area contributed by atoms with Gasteiger partial charge < -0.3 is 10.1 Å². The van der Waals surface area contributed by atoms with Crippen LogP contribution in [0.2, 0.25) is 0 Å². The summed E-state index contributed by atoms with van der Waals surface area (Å²) in [6.07, 6.45) is 0. The Labute approximate surface area is 103 Å². The van der Waals surface area contributed by atoms with Gasteiger partial charge in [-0.2, -0.15) is 0 Å². The van der Waals surface area contributed by atoms with Crippen LogP contribution in [0.25, 0.3) is 0 Å². The molecular formula is C13H12BrNO. The van der Waals surface area contributed by atoms with Crippen LogP contribution in [0.4, 0.5) is 11.4 Å². The molecule has 82 valence electrons. The van der Waals surface area contributed by atoms with Gasteiger partial charge in [0.15, 0.2) is 0 Å². The quantitative estimate of drug-likeness (QED) is 0.908. The fourth-order valence-corrected chi connectivity index (χ4v) is 1.64. The minimum Gasteiger partial charge on any atom is -0.497 e. The number of hydrogen-bond acceptors (Lipinski definition) is 2. The molecule has 2 rings (SSSR count). The summed E-state index contributed by atoms with van der Waals surface area (Å²) in [7, 11) is 1.66. The molecule has 0 heterocycles. The van der Waals surface area contributed by atoms with Gasteiger partial charge in [0.05, 0.1) is 7.11 Å². The third-order valence-electron chi connectivity index (χ3n) is 2.22. The summed E-state index contributed by atoms with van der Waals surface area (Å²) in [6, 6.07) is 15.9. The van der Waals surface area contributed by atoms with E-state index in [0.29, 0.717) is 0 Å². The van der Waals surface area contributed by atoms with Gasteiger partial charge in [0, 0.05) is 15.8 Å². The van der Waals surface area contributed by atoms with Crippen LogP contribution in [0.1, 0.15) is 0 Å². The maximum atomic E-state index is 5.10. The van der Waals surface area contributed by atoms with Crippen LogP contribution in [0.15, 0.2) is 53.0 Å². The lowest BCUT2D eigenvalue weighted by Crippen LogP contribution is -1.90. The molecule has 0 amide bonds. The van der Waals surface area contributed by atoms with Crippen molar-refractivity contribution in [2.45, 2.75) is 0 Å². The van der Waals surface area contributed by atoms with Crippen LogP contribution >= 0.6 is 15.9 Å². The minimum absolute atomic E-state index is 0.862. The van der Waals surface area contributed by atoms with Crippen LogP contribution < -0.4 is 10.1 Å². The van der Waals surface area contributed by atoms with E-state index in [0.717, 1.165) is 21.6 Å². The van der Waals surface area contributed by atoms with Gasteiger partial charge in [-0.05, 0) is 48.5 Å². The largest absolute Gasteiger partial charge is 0.497 e. The van der Waals surface area contributed by atoms with Crippen LogP contribution in [-0.4, -0.2) is 7.11 Å². The van der Waals surface area contributed by atoms with Crippen molar-refractivity contribution in [1.82, 2.24) is 0 Å². The molecule has 0 atom stereocenters. The highest BCUT2D eigenvalue weighted by atomic mass is 79.9. The van der Waals surface area contributed by atoms with E-state index in [1.165, 1.54) is 0 Å². The molecule has 0 aliphatic rings. The lowest BCUT2D eigenvalue weighted by Gasteiger charge is -2.07. The standard InChI is InChI=1S/C13H12BrNO/c1-16-13-8-6-12(7-9-13)15-11-4-2-10(14)3-5-11/h2-9,15H,1H3. The molecule has 16 heavy (non-hydrogen) atoms. The lowest BCUT2D eigenvalue weighted by molar-refractivity contribution is 0.415. The minimum atomic E-state index is 0.862. The summed E-state index contributed by atoms with van der Waals surface area (Å²) in [4.78, 5) is 0. The molecular weight excluding hydrogens is 266 g/mol. The Kier molecular flexibility index (Phi) is 3.47. The number of halogens is 1. The predicted molar refractivity (Wildman–Crippen MR) is 70.4 cm³/mol. The smallest absolute Gasteiger partial charge is 0.119 e. The van der Waals surface area contributed by atoms with Crippen molar-refractivity contribution in [3.63, 3.8) is 0 Å². The Balaban J connectivity index is 2.11. The van der Waals surface area contributed by atoms with Crippen LogP contribution in [0, 0.1) is 0 Å². The molecule has 0 aliphatic heterocycles. The summed E-state index contributed by atoms with van der Waals surface area (Å²) in [5.74, 6) is 0.862. The van der Waals surface area contributed by atoms with Crippen molar-refractivity contribution < 1.29 is 4.74 Å². The van der Waals surface area contributed by atoms with Crippen molar-refractivity contribution in [2.24, 2.45) is 0 Å². The molecule has 0 saturated heterocycles. The summed E-state index contributed by atoms with van der Waals surface area (Å²) >= 11 is 3.41. The number of anilines is 2. The summed E-state index contributed by atoms with van der Waals surface area (Å²) in [6.45, 7) is 0. The zero-order chi connectivity index (χ0) is 11.4. The first-order valence-electron chi connectivity index (χ1n) is 4.94. The van der Waals surface area contributed by atoms with Crippen molar-refractivity contribution in [2.75, 3.05) is 12.4 Å². The molecule has 0 saturated carbocycles. The monoisotopic (exact) mass is 277 g/mol. The number of benzene rings is 2. The second-order valence-electron chi connectivity index (χ2n) is 3.36. The Morgan fingerprint density at radius 3 is 1.88 bits per heavy atom. The lowest BCUT2D eigenvalue weighted by atomic mass is 10.2. The van der Waals surface area contributed by atoms with Crippen molar-refractivity contribution >= 4 is 27.3 Å². The van der Waals surface area contributed by atoms with Gasteiger partial charge in [0.1, 0.15) is 5.75 Å². The van der Waals surface area contributed by atoms with Crippen molar-refractivity contribution in [3.05, 3.63) is 53.0 Å². The van der Waals surface area contributed by atoms with E-state index in [9.17, 15) is 0 Å². The highest BCUT2D eigenvalue weighted by Crippen LogP contribution is 2.21. The zero-order valence-corrected chi connectivity index (χ0v) is 10.5. The Morgan fingerprint density at radius 1 is 0.875 bits per heavy atom. The van der Waals surface area contributed by atoms with E-state index < -0.39 is 0 Å². The maximum absolute atomic E-state index is 5.10. The highest BCUT2D eigenvalue weighted by Gasteiger charge is 1.95. The molecule has 2 aromatic carbocycles. The normalized spacial score (nSPS) is 9.88. The SMILES string of the molecule is COc1ccc(Nc2ccc(Br)cc2)cc1. The molecule has 0 radical (unpaired) electrons. The van der Waals surface area contributed by atoms with E-state index in [-0.39, 0.29) is 0 Å². The number of nitrogens with one attached hydrogen (secondary N) is 1. The molecule has 0 spiro atoms. The molecule has 0 aliphatic carbocycles. The zero-order valence-electron chi connectivity index (χ0n) is 8.91. The fraction of sp³-hybridized carbons (Fsp3) is 0.0769. The third-order valence-corrected chi connectivity index (χ3v) is 2.75. The van der Waals surface area contributed by atoms with Crippen LogP contribution in [0.5, 0.6) is 5.75 Å². The summed E-state index contributed by atoms with van der Waals surface area (Å²) in [5, 5.41) is 3.31. The van der Waals surface area contributed by atoms with E-state index in [2.05, 4.69) is 21.2 Å².